The van der Waals surface area contributed by atoms with Gasteiger partial charge < -0.3 is 5.73 Å². The zero-order valence-corrected chi connectivity index (χ0v) is 8.05. The Morgan fingerprint density at radius 2 is 2.27 bits per heavy atom. The van der Waals surface area contributed by atoms with Crippen LogP contribution in [0.5, 0.6) is 0 Å². The topological polar surface area (TPSA) is 93.4 Å². The summed E-state index contributed by atoms with van der Waals surface area (Å²) >= 11 is 0. The lowest BCUT2D eigenvalue weighted by Gasteiger charge is -2.04. The minimum Gasteiger partial charge on any atom is -0.399 e. The fourth-order valence-corrected chi connectivity index (χ4v) is 1.28. The molecule has 1 heterocycles. The van der Waals surface area contributed by atoms with Crippen LogP contribution in [0.1, 0.15) is 11.4 Å². The van der Waals surface area contributed by atoms with E-state index in [-0.39, 0.29) is 0 Å². The number of anilines is 1. The fraction of sp³-hybridized carbons (Fsp3) is 0.111. The number of tetrazole rings is 1. The Morgan fingerprint density at radius 1 is 1.47 bits per heavy atom. The van der Waals surface area contributed by atoms with Crippen molar-refractivity contribution in [1.82, 2.24) is 20.2 Å². The maximum Gasteiger partial charge on any atom is 0.153 e. The van der Waals surface area contributed by atoms with Crippen molar-refractivity contribution >= 4 is 5.69 Å². The van der Waals surface area contributed by atoms with Gasteiger partial charge in [-0.2, -0.15) is 9.94 Å². The predicted octanol–water partition coefficient (Wildman–Crippen LogP) is 0.425. The Labute approximate surface area is 85.9 Å². The second-order valence-electron chi connectivity index (χ2n) is 3.03. The summed E-state index contributed by atoms with van der Waals surface area (Å²) < 4.78 is 1.50. The molecule has 15 heavy (non-hydrogen) atoms. The summed E-state index contributed by atoms with van der Waals surface area (Å²) in [7, 11) is 0. The molecule has 0 saturated carbocycles. The molecule has 1 aromatic heterocycles. The van der Waals surface area contributed by atoms with Crippen molar-refractivity contribution in [3.05, 3.63) is 29.6 Å². The van der Waals surface area contributed by atoms with Crippen molar-refractivity contribution in [2.24, 2.45) is 0 Å². The highest BCUT2D eigenvalue weighted by atomic mass is 15.5. The van der Waals surface area contributed by atoms with Gasteiger partial charge >= 0.3 is 0 Å². The molecule has 0 atom stereocenters. The summed E-state index contributed by atoms with van der Waals surface area (Å²) in [6, 6.07) is 7.07. The fourth-order valence-electron chi connectivity index (χ4n) is 1.28. The van der Waals surface area contributed by atoms with Crippen LogP contribution in [0.2, 0.25) is 0 Å². The number of nitriles is 1. The second kappa shape index (κ2) is 3.38. The molecule has 0 bridgehead atoms. The van der Waals surface area contributed by atoms with Gasteiger partial charge in [0.15, 0.2) is 5.82 Å². The minimum atomic E-state index is 0.449. The smallest absolute Gasteiger partial charge is 0.153 e. The van der Waals surface area contributed by atoms with Crippen LogP contribution in [0.25, 0.3) is 5.69 Å². The third-order valence-corrected chi connectivity index (χ3v) is 1.99. The SMILES string of the molecule is Cc1nnnn1-c1ccc(N)cc1C#N. The van der Waals surface area contributed by atoms with E-state index in [1.807, 2.05) is 0 Å². The number of nitrogen functional groups attached to an aromatic ring is 1. The van der Waals surface area contributed by atoms with Gasteiger partial charge in [0.05, 0.1) is 11.3 Å². The standard InChI is InChI=1S/C9H8N6/c1-6-12-13-14-15(6)9-3-2-8(11)4-7(9)5-10/h2-4H,11H2,1H3. The van der Waals surface area contributed by atoms with Crippen LogP contribution < -0.4 is 5.73 Å². The Morgan fingerprint density at radius 3 is 2.87 bits per heavy atom. The first kappa shape index (κ1) is 9.15. The van der Waals surface area contributed by atoms with Crippen LogP contribution in [0.3, 0.4) is 0 Å². The maximum absolute atomic E-state index is 8.95. The molecule has 2 rings (SSSR count). The monoisotopic (exact) mass is 200 g/mol. The van der Waals surface area contributed by atoms with Crippen molar-refractivity contribution in [3.63, 3.8) is 0 Å². The van der Waals surface area contributed by atoms with Crippen molar-refractivity contribution in [2.45, 2.75) is 6.92 Å². The molecule has 2 N–H and O–H groups in total. The van der Waals surface area contributed by atoms with Crippen LogP contribution in [0, 0.1) is 18.3 Å². The number of nitrogens with zero attached hydrogens (tertiary/aromatic N) is 5. The highest BCUT2D eigenvalue weighted by molar-refractivity contribution is 5.56. The lowest BCUT2D eigenvalue weighted by atomic mass is 10.2. The van der Waals surface area contributed by atoms with E-state index in [0.717, 1.165) is 0 Å². The van der Waals surface area contributed by atoms with Gasteiger partial charge in [-0.3, -0.25) is 0 Å². The third kappa shape index (κ3) is 1.50. The quantitative estimate of drug-likeness (QED) is 0.673. The average molecular weight is 200 g/mol. The molecule has 2 aromatic rings. The number of rotatable bonds is 1. The number of aryl methyl sites for hydroxylation is 1. The Kier molecular flexibility index (Phi) is 2.06. The highest BCUT2D eigenvalue weighted by Crippen LogP contribution is 2.16. The highest BCUT2D eigenvalue weighted by Gasteiger charge is 2.08. The third-order valence-electron chi connectivity index (χ3n) is 1.99. The molecule has 0 amide bonds. The van der Waals surface area contributed by atoms with Gasteiger partial charge in [0.25, 0.3) is 0 Å². The Bertz CT molecular complexity index is 536. The molecular weight excluding hydrogens is 192 g/mol. The number of aromatic nitrogens is 4. The molecule has 0 fully saturated rings. The van der Waals surface area contributed by atoms with Crippen LogP contribution in [0.4, 0.5) is 5.69 Å². The van der Waals surface area contributed by atoms with E-state index in [2.05, 4.69) is 21.6 Å². The molecular formula is C9H8N6. The van der Waals surface area contributed by atoms with Crippen LogP contribution in [-0.2, 0) is 0 Å². The van der Waals surface area contributed by atoms with E-state index in [1.54, 1.807) is 25.1 Å². The Hall–Kier alpha value is -2.42. The first-order valence-electron chi connectivity index (χ1n) is 4.27. The normalized spacial score (nSPS) is 9.87. The van der Waals surface area contributed by atoms with Crippen molar-refractivity contribution in [3.8, 4) is 11.8 Å². The lowest BCUT2D eigenvalue weighted by Crippen LogP contribution is -2.02. The largest absolute Gasteiger partial charge is 0.399 e. The van der Waals surface area contributed by atoms with E-state index < -0.39 is 0 Å². The Balaban J connectivity index is 2.64. The molecule has 0 radical (unpaired) electrons. The number of nitrogens with two attached hydrogens (primary N) is 1. The number of hydrogen-bond donors (Lipinski definition) is 1. The van der Waals surface area contributed by atoms with Crippen molar-refractivity contribution in [2.75, 3.05) is 5.73 Å². The summed E-state index contributed by atoms with van der Waals surface area (Å²) in [6.07, 6.45) is 0. The first-order valence-corrected chi connectivity index (χ1v) is 4.27. The molecule has 74 valence electrons. The molecule has 6 nitrogen and oxygen atoms in total. The molecule has 0 aliphatic rings. The minimum absolute atomic E-state index is 0.449. The van der Waals surface area contributed by atoms with E-state index in [9.17, 15) is 0 Å². The number of hydrogen-bond acceptors (Lipinski definition) is 5. The van der Waals surface area contributed by atoms with E-state index >= 15 is 0 Å². The van der Waals surface area contributed by atoms with Gasteiger partial charge in [-0.15, -0.1) is 5.10 Å². The zero-order valence-electron chi connectivity index (χ0n) is 8.05. The van der Waals surface area contributed by atoms with E-state index in [4.69, 9.17) is 11.0 Å². The molecule has 0 aliphatic heterocycles. The lowest BCUT2D eigenvalue weighted by molar-refractivity contribution is 0.778. The average Bonchev–Trinajstić information content (AvgIpc) is 2.64. The second-order valence-corrected chi connectivity index (χ2v) is 3.03. The first-order chi connectivity index (χ1) is 7.22. The van der Waals surface area contributed by atoms with Crippen LogP contribution in [-0.4, -0.2) is 20.2 Å². The van der Waals surface area contributed by atoms with Crippen molar-refractivity contribution in [1.29, 1.82) is 5.26 Å². The molecule has 0 aliphatic carbocycles. The summed E-state index contributed by atoms with van der Waals surface area (Å²) in [5, 5.41) is 20.0. The van der Waals surface area contributed by atoms with E-state index in [1.165, 1.54) is 4.68 Å². The van der Waals surface area contributed by atoms with E-state index in [0.29, 0.717) is 22.8 Å². The van der Waals surface area contributed by atoms with Gasteiger partial charge in [-0.1, -0.05) is 0 Å². The summed E-state index contributed by atoms with van der Waals surface area (Å²) in [6.45, 7) is 1.76. The summed E-state index contributed by atoms with van der Waals surface area (Å²) in [5.74, 6) is 0.622. The molecule has 0 unspecified atom stereocenters. The van der Waals surface area contributed by atoms with Crippen molar-refractivity contribution < 1.29 is 0 Å². The van der Waals surface area contributed by atoms with Crippen LogP contribution in [0.15, 0.2) is 18.2 Å². The molecule has 6 heteroatoms. The predicted molar refractivity (Wildman–Crippen MR) is 53.0 cm³/mol. The molecule has 1 aromatic carbocycles. The zero-order chi connectivity index (χ0) is 10.8. The maximum atomic E-state index is 8.95. The summed E-state index contributed by atoms with van der Waals surface area (Å²) in [4.78, 5) is 0. The summed E-state index contributed by atoms with van der Waals surface area (Å²) in [5.41, 5.74) is 7.21. The van der Waals surface area contributed by atoms with Gasteiger partial charge in [-0.25, -0.2) is 0 Å². The number of benzene rings is 1. The van der Waals surface area contributed by atoms with Gasteiger partial charge in [0, 0.05) is 5.69 Å². The van der Waals surface area contributed by atoms with Gasteiger partial charge in [0.1, 0.15) is 6.07 Å². The molecule has 0 spiro atoms. The van der Waals surface area contributed by atoms with Crippen LogP contribution >= 0.6 is 0 Å². The molecule has 0 saturated heterocycles. The van der Waals surface area contributed by atoms with Gasteiger partial charge in [0.2, 0.25) is 0 Å². The van der Waals surface area contributed by atoms with Gasteiger partial charge in [-0.05, 0) is 35.5 Å².